The number of hydrogen-bond acceptors (Lipinski definition) is 2. The predicted octanol–water partition coefficient (Wildman–Crippen LogP) is 2.73. The molecule has 3 aromatic rings. The van der Waals surface area contributed by atoms with Gasteiger partial charge in [0.25, 0.3) is 5.56 Å². The molecule has 2 aromatic heterocycles. The average Bonchev–Trinajstić information content (AvgIpc) is 2.29. The maximum atomic E-state index is 11.8. The third-order valence-corrected chi connectivity index (χ3v) is 2.87. The number of aromatic amines is 1. The van der Waals surface area contributed by atoms with Gasteiger partial charge in [-0.15, -0.1) is 0 Å². The zero-order valence-electron chi connectivity index (χ0n) is 8.20. The normalized spacial score (nSPS) is 11.1. The largest absolute Gasteiger partial charge is 0.321 e. The molecule has 0 aliphatic rings. The zero-order valence-corrected chi connectivity index (χ0v) is 8.95. The van der Waals surface area contributed by atoms with E-state index in [1.54, 1.807) is 12.3 Å². The second kappa shape index (κ2) is 3.32. The van der Waals surface area contributed by atoms with Crippen LogP contribution >= 0.6 is 11.6 Å². The minimum Gasteiger partial charge on any atom is -0.321 e. The molecule has 16 heavy (non-hydrogen) atoms. The van der Waals surface area contributed by atoms with Crippen LogP contribution < -0.4 is 5.56 Å². The van der Waals surface area contributed by atoms with E-state index < -0.39 is 0 Å². The number of H-pyrrole nitrogens is 1. The van der Waals surface area contributed by atoms with Crippen LogP contribution in [-0.2, 0) is 0 Å². The fourth-order valence-corrected chi connectivity index (χ4v) is 2.07. The van der Waals surface area contributed by atoms with Gasteiger partial charge in [-0.2, -0.15) is 0 Å². The van der Waals surface area contributed by atoms with Crippen molar-refractivity contribution in [2.45, 2.75) is 0 Å². The van der Waals surface area contributed by atoms with Crippen molar-refractivity contribution in [3.05, 3.63) is 51.9 Å². The van der Waals surface area contributed by atoms with Crippen LogP contribution in [0.3, 0.4) is 0 Å². The maximum absolute atomic E-state index is 11.8. The van der Waals surface area contributed by atoms with E-state index in [1.165, 1.54) is 0 Å². The van der Waals surface area contributed by atoms with E-state index >= 15 is 0 Å². The van der Waals surface area contributed by atoms with Gasteiger partial charge in [-0.25, -0.2) is 0 Å². The molecule has 3 nitrogen and oxygen atoms in total. The molecule has 4 heteroatoms. The molecule has 0 saturated heterocycles. The van der Waals surface area contributed by atoms with Gasteiger partial charge in [0.05, 0.1) is 21.4 Å². The minimum absolute atomic E-state index is 0.202. The number of benzene rings is 1. The number of halogens is 1. The molecule has 0 amide bonds. The highest BCUT2D eigenvalue weighted by atomic mass is 35.5. The highest BCUT2D eigenvalue weighted by molar-refractivity contribution is 6.35. The van der Waals surface area contributed by atoms with Crippen LogP contribution in [-0.4, -0.2) is 9.97 Å². The molecule has 78 valence electrons. The first-order chi connectivity index (χ1) is 7.77. The van der Waals surface area contributed by atoms with E-state index in [0.717, 1.165) is 10.9 Å². The molecule has 0 aliphatic carbocycles. The number of aromatic nitrogens is 2. The molecular formula is C12H7ClN2O. The fraction of sp³-hybridized carbons (Fsp3) is 0. The fourth-order valence-electron chi connectivity index (χ4n) is 1.84. The molecular weight excluding hydrogens is 224 g/mol. The van der Waals surface area contributed by atoms with Gasteiger partial charge >= 0.3 is 0 Å². The van der Waals surface area contributed by atoms with Crippen LogP contribution in [0.15, 0.2) is 41.3 Å². The standard InChI is InChI=1S/C12H7ClN2O/c13-8-5-6-14-11-7-3-1-2-4-9(7)15-12(16)10(8)11/h1-6H,(H,15,16). The lowest BCUT2D eigenvalue weighted by Gasteiger charge is -2.03. The summed E-state index contributed by atoms with van der Waals surface area (Å²) in [7, 11) is 0. The second-order valence-corrected chi connectivity index (χ2v) is 3.92. The summed E-state index contributed by atoms with van der Waals surface area (Å²) in [4.78, 5) is 18.9. The number of nitrogens with zero attached hydrogens (tertiary/aromatic N) is 1. The Kier molecular flexibility index (Phi) is 1.94. The Morgan fingerprint density at radius 2 is 2.00 bits per heavy atom. The molecule has 0 fully saturated rings. The third kappa shape index (κ3) is 1.22. The summed E-state index contributed by atoms with van der Waals surface area (Å²) >= 11 is 6.00. The Hall–Kier alpha value is -1.87. The van der Waals surface area contributed by atoms with Crippen molar-refractivity contribution in [1.29, 1.82) is 0 Å². The first-order valence-electron chi connectivity index (χ1n) is 4.82. The van der Waals surface area contributed by atoms with Gasteiger partial charge in [-0.3, -0.25) is 9.78 Å². The zero-order chi connectivity index (χ0) is 11.1. The Bertz CT molecular complexity index is 749. The van der Waals surface area contributed by atoms with E-state index in [0.29, 0.717) is 15.9 Å². The van der Waals surface area contributed by atoms with Crippen molar-refractivity contribution in [3.8, 4) is 0 Å². The van der Waals surface area contributed by atoms with Gasteiger partial charge in [0.1, 0.15) is 0 Å². The number of fused-ring (bicyclic) bond motifs is 3. The molecule has 0 unspecified atom stereocenters. The van der Waals surface area contributed by atoms with Gasteiger partial charge in [-0.05, 0) is 12.1 Å². The summed E-state index contributed by atoms with van der Waals surface area (Å²) in [6.45, 7) is 0. The highest BCUT2D eigenvalue weighted by Gasteiger charge is 2.08. The summed E-state index contributed by atoms with van der Waals surface area (Å²) in [5.41, 5.74) is 1.22. The highest BCUT2D eigenvalue weighted by Crippen LogP contribution is 2.23. The van der Waals surface area contributed by atoms with Crippen molar-refractivity contribution in [1.82, 2.24) is 9.97 Å². The van der Waals surface area contributed by atoms with E-state index in [-0.39, 0.29) is 5.56 Å². The predicted molar refractivity (Wildman–Crippen MR) is 64.9 cm³/mol. The van der Waals surface area contributed by atoms with E-state index in [1.807, 2.05) is 24.3 Å². The van der Waals surface area contributed by atoms with Gasteiger partial charge in [0, 0.05) is 11.6 Å². The van der Waals surface area contributed by atoms with Crippen LogP contribution in [0.1, 0.15) is 0 Å². The van der Waals surface area contributed by atoms with Crippen molar-refractivity contribution < 1.29 is 0 Å². The first kappa shape index (κ1) is 9.36. The molecule has 0 atom stereocenters. The molecule has 1 N–H and O–H groups in total. The molecule has 0 spiro atoms. The van der Waals surface area contributed by atoms with Crippen LogP contribution in [0.4, 0.5) is 0 Å². The molecule has 1 aromatic carbocycles. The lowest BCUT2D eigenvalue weighted by Crippen LogP contribution is -2.07. The SMILES string of the molecule is O=c1[nH]c2ccccc2c2nccc(Cl)c12. The van der Waals surface area contributed by atoms with Crippen LogP contribution in [0, 0.1) is 0 Å². The number of rotatable bonds is 0. The number of para-hydroxylation sites is 1. The van der Waals surface area contributed by atoms with Crippen molar-refractivity contribution in [3.63, 3.8) is 0 Å². The Balaban J connectivity index is 2.71. The van der Waals surface area contributed by atoms with E-state index in [2.05, 4.69) is 9.97 Å². The minimum atomic E-state index is -0.202. The van der Waals surface area contributed by atoms with Crippen molar-refractivity contribution in [2.75, 3.05) is 0 Å². The number of hydrogen-bond donors (Lipinski definition) is 1. The lowest BCUT2D eigenvalue weighted by atomic mass is 10.1. The van der Waals surface area contributed by atoms with Gasteiger partial charge in [0.15, 0.2) is 0 Å². The topological polar surface area (TPSA) is 45.8 Å². The Labute approximate surface area is 95.7 Å². The monoisotopic (exact) mass is 230 g/mol. The number of pyridine rings is 2. The smallest absolute Gasteiger partial charge is 0.259 e. The third-order valence-electron chi connectivity index (χ3n) is 2.56. The van der Waals surface area contributed by atoms with Crippen LogP contribution in [0.25, 0.3) is 21.8 Å². The van der Waals surface area contributed by atoms with Gasteiger partial charge < -0.3 is 4.98 Å². The summed E-state index contributed by atoms with van der Waals surface area (Å²) in [5, 5.41) is 1.78. The van der Waals surface area contributed by atoms with Crippen LogP contribution in [0.2, 0.25) is 5.02 Å². The maximum Gasteiger partial charge on any atom is 0.259 e. The summed E-state index contributed by atoms with van der Waals surface area (Å²) in [6, 6.07) is 9.15. The average molecular weight is 231 g/mol. The van der Waals surface area contributed by atoms with E-state index in [4.69, 9.17) is 11.6 Å². The summed E-state index contributed by atoms with van der Waals surface area (Å²) in [6.07, 6.45) is 1.61. The quantitative estimate of drug-likeness (QED) is 0.604. The van der Waals surface area contributed by atoms with E-state index in [9.17, 15) is 4.79 Å². The lowest BCUT2D eigenvalue weighted by molar-refractivity contribution is 1.32. The summed E-state index contributed by atoms with van der Waals surface area (Å²) < 4.78 is 0. The number of nitrogens with one attached hydrogen (secondary N) is 1. The molecule has 0 bridgehead atoms. The molecule has 3 rings (SSSR count). The van der Waals surface area contributed by atoms with Gasteiger partial charge in [0.2, 0.25) is 0 Å². The second-order valence-electron chi connectivity index (χ2n) is 3.52. The van der Waals surface area contributed by atoms with Crippen molar-refractivity contribution >= 4 is 33.4 Å². The molecule has 0 saturated carbocycles. The molecule has 0 radical (unpaired) electrons. The van der Waals surface area contributed by atoms with Crippen LogP contribution in [0.5, 0.6) is 0 Å². The summed E-state index contributed by atoms with van der Waals surface area (Å²) in [5.74, 6) is 0. The Morgan fingerprint density at radius 3 is 2.88 bits per heavy atom. The molecule has 2 heterocycles. The Morgan fingerprint density at radius 1 is 1.19 bits per heavy atom. The van der Waals surface area contributed by atoms with Gasteiger partial charge in [-0.1, -0.05) is 29.8 Å². The first-order valence-corrected chi connectivity index (χ1v) is 5.20. The molecule has 0 aliphatic heterocycles. The van der Waals surface area contributed by atoms with Crippen molar-refractivity contribution in [2.24, 2.45) is 0 Å².